The molecule has 2 aromatic rings. The summed E-state index contributed by atoms with van der Waals surface area (Å²) in [6, 6.07) is 4.42. The van der Waals surface area contributed by atoms with Gasteiger partial charge in [-0.2, -0.15) is 0 Å². The summed E-state index contributed by atoms with van der Waals surface area (Å²) in [4.78, 5) is 16.1. The SMILES string of the molecule is CC(=O)Cc1c(C(C)C)cc(-c2cscn2)cc1C(C)C. The Hall–Kier alpha value is -1.48. The fraction of sp³-hybridized carbons (Fsp3) is 0.444. The predicted molar refractivity (Wildman–Crippen MR) is 90.1 cm³/mol. The second-order valence-corrected chi connectivity index (χ2v) is 6.91. The Morgan fingerprint density at radius 1 is 1.14 bits per heavy atom. The van der Waals surface area contributed by atoms with Crippen molar-refractivity contribution < 1.29 is 4.79 Å². The van der Waals surface area contributed by atoms with Gasteiger partial charge in [-0.25, -0.2) is 4.98 Å². The molecule has 0 spiro atoms. The van der Waals surface area contributed by atoms with E-state index in [0.29, 0.717) is 18.3 Å². The van der Waals surface area contributed by atoms with E-state index >= 15 is 0 Å². The van der Waals surface area contributed by atoms with Crippen molar-refractivity contribution in [3.8, 4) is 11.3 Å². The van der Waals surface area contributed by atoms with E-state index in [1.807, 2.05) is 5.51 Å². The number of carbonyl (C=O) groups is 1. The summed E-state index contributed by atoms with van der Waals surface area (Å²) in [5.41, 5.74) is 7.82. The quantitative estimate of drug-likeness (QED) is 0.761. The number of hydrogen-bond acceptors (Lipinski definition) is 3. The molecule has 0 saturated carbocycles. The molecule has 1 aromatic heterocycles. The Labute approximate surface area is 131 Å². The zero-order valence-electron chi connectivity index (χ0n) is 13.4. The molecule has 0 atom stereocenters. The first-order chi connectivity index (χ1) is 9.90. The van der Waals surface area contributed by atoms with Crippen LogP contribution in [0.3, 0.4) is 0 Å². The molecule has 0 aliphatic carbocycles. The highest BCUT2D eigenvalue weighted by Crippen LogP contribution is 2.33. The molecule has 0 N–H and O–H groups in total. The van der Waals surface area contributed by atoms with Crippen molar-refractivity contribution in [3.05, 3.63) is 39.7 Å². The maximum Gasteiger partial charge on any atom is 0.134 e. The van der Waals surface area contributed by atoms with Gasteiger partial charge < -0.3 is 0 Å². The molecular formula is C18H23NOS. The van der Waals surface area contributed by atoms with Gasteiger partial charge in [0.1, 0.15) is 5.78 Å². The maximum absolute atomic E-state index is 11.7. The summed E-state index contributed by atoms with van der Waals surface area (Å²) in [6.45, 7) is 10.4. The van der Waals surface area contributed by atoms with Crippen LogP contribution in [-0.2, 0) is 11.2 Å². The van der Waals surface area contributed by atoms with Gasteiger partial charge in [-0.05, 0) is 47.6 Å². The molecule has 1 aromatic carbocycles. The molecule has 1 heterocycles. The van der Waals surface area contributed by atoms with Gasteiger partial charge in [-0.3, -0.25) is 4.79 Å². The molecule has 2 nitrogen and oxygen atoms in total. The molecule has 0 aliphatic rings. The zero-order valence-corrected chi connectivity index (χ0v) is 14.3. The van der Waals surface area contributed by atoms with Crippen molar-refractivity contribution in [2.75, 3.05) is 0 Å². The van der Waals surface area contributed by atoms with Crippen molar-refractivity contribution in [2.24, 2.45) is 0 Å². The summed E-state index contributed by atoms with van der Waals surface area (Å²) >= 11 is 1.61. The van der Waals surface area contributed by atoms with Gasteiger partial charge in [0.25, 0.3) is 0 Å². The van der Waals surface area contributed by atoms with E-state index in [1.54, 1.807) is 18.3 Å². The van der Waals surface area contributed by atoms with Crippen LogP contribution in [0.4, 0.5) is 0 Å². The normalized spacial score (nSPS) is 11.4. The van der Waals surface area contributed by atoms with Crippen LogP contribution in [0.5, 0.6) is 0 Å². The van der Waals surface area contributed by atoms with Crippen molar-refractivity contribution >= 4 is 17.1 Å². The lowest BCUT2D eigenvalue weighted by Gasteiger charge is -2.20. The van der Waals surface area contributed by atoms with Crippen LogP contribution in [0.25, 0.3) is 11.3 Å². The summed E-state index contributed by atoms with van der Waals surface area (Å²) in [6.07, 6.45) is 0.526. The molecule has 21 heavy (non-hydrogen) atoms. The second kappa shape index (κ2) is 6.52. The minimum atomic E-state index is 0.222. The lowest BCUT2D eigenvalue weighted by molar-refractivity contribution is -0.116. The summed E-state index contributed by atoms with van der Waals surface area (Å²) < 4.78 is 0. The van der Waals surface area contributed by atoms with E-state index in [2.05, 4.69) is 50.2 Å². The van der Waals surface area contributed by atoms with E-state index in [0.717, 1.165) is 11.3 Å². The summed E-state index contributed by atoms with van der Waals surface area (Å²) in [5.74, 6) is 1.02. The van der Waals surface area contributed by atoms with Crippen LogP contribution < -0.4 is 0 Å². The van der Waals surface area contributed by atoms with Crippen molar-refractivity contribution in [1.29, 1.82) is 0 Å². The smallest absolute Gasteiger partial charge is 0.134 e. The Balaban J connectivity index is 2.66. The van der Waals surface area contributed by atoms with Crippen molar-refractivity contribution in [1.82, 2.24) is 4.98 Å². The largest absolute Gasteiger partial charge is 0.300 e. The average molecular weight is 301 g/mol. The minimum Gasteiger partial charge on any atom is -0.300 e. The van der Waals surface area contributed by atoms with Gasteiger partial charge in [0.15, 0.2) is 0 Å². The van der Waals surface area contributed by atoms with Crippen LogP contribution in [-0.4, -0.2) is 10.8 Å². The second-order valence-electron chi connectivity index (χ2n) is 6.20. The molecule has 0 unspecified atom stereocenters. The van der Waals surface area contributed by atoms with Crippen LogP contribution >= 0.6 is 11.3 Å². The number of rotatable bonds is 5. The lowest BCUT2D eigenvalue weighted by Crippen LogP contribution is -2.08. The van der Waals surface area contributed by atoms with Crippen LogP contribution in [0.15, 0.2) is 23.0 Å². The topological polar surface area (TPSA) is 30.0 Å². The Morgan fingerprint density at radius 2 is 1.71 bits per heavy atom. The highest BCUT2D eigenvalue weighted by Gasteiger charge is 2.18. The van der Waals surface area contributed by atoms with Gasteiger partial charge in [-0.1, -0.05) is 27.7 Å². The molecule has 0 saturated heterocycles. The fourth-order valence-electron chi connectivity index (χ4n) is 2.70. The number of ketones is 1. The summed E-state index contributed by atoms with van der Waals surface area (Å²) in [7, 11) is 0. The van der Waals surface area contributed by atoms with Gasteiger partial charge in [0.2, 0.25) is 0 Å². The third-order valence-electron chi connectivity index (χ3n) is 3.72. The van der Waals surface area contributed by atoms with Gasteiger partial charge in [0, 0.05) is 17.4 Å². The van der Waals surface area contributed by atoms with Crippen molar-refractivity contribution in [2.45, 2.75) is 52.9 Å². The molecule has 0 fully saturated rings. The van der Waals surface area contributed by atoms with E-state index in [1.165, 1.54) is 16.7 Å². The molecule has 2 rings (SSSR count). The monoisotopic (exact) mass is 301 g/mol. The molecule has 0 radical (unpaired) electrons. The fourth-order valence-corrected chi connectivity index (χ4v) is 3.27. The maximum atomic E-state index is 11.7. The lowest BCUT2D eigenvalue weighted by atomic mass is 9.84. The Bertz CT molecular complexity index is 598. The number of aromatic nitrogens is 1. The number of benzene rings is 1. The van der Waals surface area contributed by atoms with E-state index in [9.17, 15) is 4.79 Å². The van der Waals surface area contributed by atoms with E-state index in [-0.39, 0.29) is 5.78 Å². The molecule has 0 aliphatic heterocycles. The first kappa shape index (κ1) is 15.9. The zero-order chi connectivity index (χ0) is 15.6. The first-order valence-corrected chi connectivity index (χ1v) is 8.39. The molecule has 0 amide bonds. The van der Waals surface area contributed by atoms with Crippen LogP contribution in [0.2, 0.25) is 0 Å². The van der Waals surface area contributed by atoms with Gasteiger partial charge in [0.05, 0.1) is 11.2 Å². The van der Waals surface area contributed by atoms with Crippen molar-refractivity contribution in [3.63, 3.8) is 0 Å². The summed E-state index contributed by atoms with van der Waals surface area (Å²) in [5, 5.41) is 2.08. The highest BCUT2D eigenvalue weighted by atomic mass is 32.1. The first-order valence-electron chi connectivity index (χ1n) is 7.44. The number of Topliss-reactive ketones (excluding diaryl/α,β-unsaturated/α-hetero) is 1. The van der Waals surface area contributed by atoms with Gasteiger partial charge in [-0.15, -0.1) is 11.3 Å². The highest BCUT2D eigenvalue weighted by molar-refractivity contribution is 7.07. The van der Waals surface area contributed by atoms with E-state index in [4.69, 9.17) is 0 Å². The minimum absolute atomic E-state index is 0.222. The third-order valence-corrected chi connectivity index (χ3v) is 4.30. The number of carbonyl (C=O) groups excluding carboxylic acids is 1. The average Bonchev–Trinajstić information content (AvgIpc) is 2.91. The number of thiazole rings is 1. The predicted octanol–water partition coefficient (Wildman–Crippen LogP) is 5.19. The van der Waals surface area contributed by atoms with Gasteiger partial charge >= 0.3 is 0 Å². The molecular weight excluding hydrogens is 278 g/mol. The van der Waals surface area contributed by atoms with Crippen LogP contribution in [0, 0.1) is 0 Å². The van der Waals surface area contributed by atoms with Crippen LogP contribution in [0.1, 0.15) is 63.1 Å². The number of nitrogens with zero attached hydrogens (tertiary/aromatic N) is 1. The standard InChI is InChI=1S/C18H23NOS/c1-11(2)15-7-14(18-9-21-10-19-18)8-16(12(3)4)17(15)6-13(5)20/h7-12H,6H2,1-5H3. The molecule has 112 valence electrons. The molecule has 3 heteroatoms. The number of hydrogen-bond donors (Lipinski definition) is 0. The van der Waals surface area contributed by atoms with E-state index < -0.39 is 0 Å². The third kappa shape index (κ3) is 3.59. The Morgan fingerprint density at radius 3 is 2.10 bits per heavy atom. The Kier molecular flexibility index (Phi) is 4.94. The molecule has 0 bridgehead atoms.